The summed E-state index contributed by atoms with van der Waals surface area (Å²) in [5.74, 6) is 0.846. The van der Waals surface area contributed by atoms with Crippen LogP contribution in [-0.4, -0.2) is 32.8 Å². The summed E-state index contributed by atoms with van der Waals surface area (Å²) in [4.78, 5) is 23.9. The molecule has 2 aliphatic rings. The summed E-state index contributed by atoms with van der Waals surface area (Å²) in [6, 6.07) is 6.37. The van der Waals surface area contributed by atoms with Crippen molar-refractivity contribution in [2.24, 2.45) is 0 Å². The molecule has 6 heteroatoms. The molecule has 25 heavy (non-hydrogen) atoms. The van der Waals surface area contributed by atoms with Gasteiger partial charge in [-0.15, -0.1) is 0 Å². The third-order valence-electron chi connectivity index (χ3n) is 5.44. The minimum atomic E-state index is -0.160. The van der Waals surface area contributed by atoms with E-state index < -0.39 is 0 Å². The summed E-state index contributed by atoms with van der Waals surface area (Å²) in [7, 11) is 0. The van der Waals surface area contributed by atoms with Crippen molar-refractivity contribution in [3.63, 3.8) is 0 Å². The molecule has 1 atom stereocenters. The molecule has 126 valence electrons. The van der Waals surface area contributed by atoms with E-state index in [-0.39, 0.29) is 5.56 Å². The molecule has 6 nitrogen and oxygen atoms in total. The minimum Gasteiger partial charge on any atom is -0.338 e. The van der Waals surface area contributed by atoms with Crippen molar-refractivity contribution in [1.29, 1.82) is 0 Å². The minimum absolute atomic E-state index is 0.160. The highest BCUT2D eigenvalue weighted by Gasteiger charge is 2.29. The van der Waals surface area contributed by atoms with Gasteiger partial charge in [-0.1, -0.05) is 6.07 Å². The van der Waals surface area contributed by atoms with Crippen molar-refractivity contribution in [2.45, 2.75) is 38.6 Å². The average molecular weight is 333 g/mol. The number of hydrogen-bond acceptors (Lipinski definition) is 5. The van der Waals surface area contributed by atoms with Crippen LogP contribution in [0.2, 0.25) is 0 Å². The lowest BCUT2D eigenvalue weighted by Gasteiger charge is -2.39. The topological polar surface area (TPSA) is 74.8 Å². The Morgan fingerprint density at radius 3 is 2.96 bits per heavy atom. The molecule has 2 aromatic heterocycles. The summed E-state index contributed by atoms with van der Waals surface area (Å²) >= 11 is 0. The monoisotopic (exact) mass is 333 g/mol. The average Bonchev–Trinajstić information content (AvgIpc) is 3.08. The SMILES string of the molecule is C[C@H]1CCN1c1nc2c(c(-c3ccc4c(=O)[nH]ncc4c3)n1)CCC2. The van der Waals surface area contributed by atoms with Gasteiger partial charge in [0.2, 0.25) is 5.95 Å². The molecule has 0 unspecified atom stereocenters. The lowest BCUT2D eigenvalue weighted by Crippen LogP contribution is -2.46. The largest absolute Gasteiger partial charge is 0.338 e. The van der Waals surface area contributed by atoms with Gasteiger partial charge in [-0.3, -0.25) is 4.79 Å². The number of fused-ring (bicyclic) bond motifs is 2. The van der Waals surface area contributed by atoms with Crippen molar-refractivity contribution in [3.8, 4) is 11.3 Å². The Kier molecular flexibility index (Phi) is 3.13. The van der Waals surface area contributed by atoms with Crippen molar-refractivity contribution < 1.29 is 0 Å². The van der Waals surface area contributed by atoms with E-state index >= 15 is 0 Å². The van der Waals surface area contributed by atoms with Gasteiger partial charge in [0, 0.05) is 34.8 Å². The highest BCUT2D eigenvalue weighted by Crippen LogP contribution is 2.34. The maximum atomic E-state index is 11.9. The number of nitrogens with one attached hydrogen (secondary N) is 1. The van der Waals surface area contributed by atoms with Crippen LogP contribution in [-0.2, 0) is 12.8 Å². The summed E-state index contributed by atoms with van der Waals surface area (Å²) in [5, 5.41) is 7.89. The molecule has 1 N–H and O–H groups in total. The van der Waals surface area contributed by atoms with Gasteiger partial charge < -0.3 is 4.90 Å². The van der Waals surface area contributed by atoms with Crippen LogP contribution in [0.4, 0.5) is 5.95 Å². The predicted molar refractivity (Wildman–Crippen MR) is 96.8 cm³/mol. The zero-order valence-corrected chi connectivity index (χ0v) is 14.1. The predicted octanol–water partition coefficient (Wildman–Crippen LogP) is 2.47. The van der Waals surface area contributed by atoms with Gasteiger partial charge in [-0.2, -0.15) is 5.10 Å². The number of aromatic nitrogens is 4. The first-order valence-electron chi connectivity index (χ1n) is 8.85. The van der Waals surface area contributed by atoms with E-state index in [1.807, 2.05) is 18.2 Å². The number of aryl methyl sites for hydroxylation is 1. The lowest BCUT2D eigenvalue weighted by atomic mass is 10.0. The van der Waals surface area contributed by atoms with Crippen LogP contribution < -0.4 is 10.5 Å². The van der Waals surface area contributed by atoms with E-state index in [0.717, 1.165) is 48.4 Å². The first-order chi connectivity index (χ1) is 12.2. The Labute approximate surface area is 144 Å². The number of hydrogen-bond donors (Lipinski definition) is 1. The molecule has 1 aliphatic heterocycles. The molecular formula is C19H19N5O. The molecule has 0 spiro atoms. The zero-order valence-electron chi connectivity index (χ0n) is 14.1. The summed E-state index contributed by atoms with van der Waals surface area (Å²) in [6.07, 6.45) is 6.06. The number of nitrogens with zero attached hydrogens (tertiary/aromatic N) is 4. The Balaban J connectivity index is 1.69. The molecule has 3 heterocycles. The van der Waals surface area contributed by atoms with E-state index in [1.165, 1.54) is 17.7 Å². The summed E-state index contributed by atoms with van der Waals surface area (Å²) in [6.45, 7) is 3.24. The zero-order chi connectivity index (χ0) is 17.0. The fourth-order valence-corrected chi connectivity index (χ4v) is 3.84. The Morgan fingerprint density at radius 2 is 2.16 bits per heavy atom. The quantitative estimate of drug-likeness (QED) is 0.780. The molecule has 1 aliphatic carbocycles. The maximum Gasteiger partial charge on any atom is 0.272 e. The van der Waals surface area contributed by atoms with E-state index in [0.29, 0.717) is 11.4 Å². The van der Waals surface area contributed by atoms with Crippen molar-refractivity contribution in [3.05, 3.63) is 46.0 Å². The number of H-pyrrole nitrogens is 1. The number of anilines is 1. The second-order valence-corrected chi connectivity index (χ2v) is 6.98. The van der Waals surface area contributed by atoms with Crippen LogP contribution in [0.25, 0.3) is 22.0 Å². The van der Waals surface area contributed by atoms with Gasteiger partial charge in [0.1, 0.15) is 0 Å². The van der Waals surface area contributed by atoms with E-state index in [9.17, 15) is 4.79 Å². The van der Waals surface area contributed by atoms with Gasteiger partial charge in [-0.05, 0) is 44.7 Å². The first-order valence-corrected chi connectivity index (χ1v) is 8.85. The van der Waals surface area contributed by atoms with Crippen LogP contribution in [0, 0.1) is 0 Å². The number of benzene rings is 1. The molecule has 3 aromatic rings. The van der Waals surface area contributed by atoms with Crippen LogP contribution in [0.1, 0.15) is 31.0 Å². The van der Waals surface area contributed by atoms with Crippen molar-refractivity contribution in [2.75, 3.05) is 11.4 Å². The molecule has 0 saturated carbocycles. The molecule has 0 bridgehead atoms. The molecule has 1 saturated heterocycles. The first kappa shape index (κ1) is 14.6. The van der Waals surface area contributed by atoms with Gasteiger partial charge >= 0.3 is 0 Å². The second-order valence-electron chi connectivity index (χ2n) is 6.98. The fourth-order valence-electron chi connectivity index (χ4n) is 3.84. The molecular weight excluding hydrogens is 314 g/mol. The molecule has 1 aromatic carbocycles. The van der Waals surface area contributed by atoms with E-state index in [2.05, 4.69) is 22.0 Å². The van der Waals surface area contributed by atoms with Crippen molar-refractivity contribution >= 4 is 16.7 Å². The third-order valence-corrected chi connectivity index (χ3v) is 5.44. The number of rotatable bonds is 2. The molecule has 0 amide bonds. The maximum absolute atomic E-state index is 11.9. The second kappa shape index (κ2) is 5.37. The molecule has 1 fully saturated rings. The summed E-state index contributed by atoms with van der Waals surface area (Å²) < 4.78 is 0. The highest BCUT2D eigenvalue weighted by atomic mass is 16.1. The lowest BCUT2D eigenvalue weighted by molar-refractivity contribution is 0.470. The van der Waals surface area contributed by atoms with E-state index in [1.54, 1.807) is 6.20 Å². The van der Waals surface area contributed by atoms with Crippen LogP contribution >= 0.6 is 0 Å². The van der Waals surface area contributed by atoms with Crippen LogP contribution in [0.3, 0.4) is 0 Å². The normalized spacial score (nSPS) is 19.1. The Hall–Kier alpha value is -2.76. The fraction of sp³-hybridized carbons (Fsp3) is 0.368. The Morgan fingerprint density at radius 1 is 1.24 bits per heavy atom. The smallest absolute Gasteiger partial charge is 0.272 e. The third kappa shape index (κ3) is 2.24. The standard InChI is InChI=1S/C19H19N5O/c1-11-7-8-24(11)19-21-16-4-2-3-15(16)17(22-19)12-5-6-14-13(9-12)10-20-23-18(14)25/h5-6,9-11H,2-4,7-8H2,1H3,(H,23,25)/t11-/m0/s1. The summed E-state index contributed by atoms with van der Waals surface area (Å²) in [5.41, 5.74) is 4.33. The van der Waals surface area contributed by atoms with Crippen LogP contribution in [0.15, 0.2) is 29.2 Å². The number of aromatic amines is 1. The molecule has 5 rings (SSSR count). The van der Waals surface area contributed by atoms with Crippen molar-refractivity contribution in [1.82, 2.24) is 20.2 Å². The Bertz CT molecular complexity index is 1040. The van der Waals surface area contributed by atoms with E-state index in [4.69, 9.17) is 9.97 Å². The van der Waals surface area contributed by atoms with Gasteiger partial charge in [0.15, 0.2) is 0 Å². The van der Waals surface area contributed by atoms with Gasteiger partial charge in [0.25, 0.3) is 5.56 Å². The van der Waals surface area contributed by atoms with Gasteiger partial charge in [0.05, 0.1) is 17.3 Å². The highest BCUT2D eigenvalue weighted by molar-refractivity contribution is 5.86. The molecule has 0 radical (unpaired) electrons. The van der Waals surface area contributed by atoms with Gasteiger partial charge in [-0.25, -0.2) is 15.1 Å². The van der Waals surface area contributed by atoms with Crippen LogP contribution in [0.5, 0.6) is 0 Å².